The maximum Gasteiger partial charge on any atom is 0.00441 e. The molecule has 2 heterocycles. The average molecular weight is 172 g/mol. The molecule has 0 radical (unpaired) electrons. The summed E-state index contributed by atoms with van der Waals surface area (Å²) in [6, 6.07) is 0. The van der Waals surface area contributed by atoms with Crippen molar-refractivity contribution in [3.05, 3.63) is 0 Å². The zero-order chi connectivity index (χ0) is 7.73. The van der Waals surface area contributed by atoms with Crippen molar-refractivity contribution in [2.45, 2.75) is 6.42 Å². The molecule has 0 amide bonds. The first-order valence-electron chi connectivity index (χ1n) is 4.37. The molecule has 11 heavy (non-hydrogen) atoms. The van der Waals surface area contributed by atoms with Crippen LogP contribution in [0.3, 0.4) is 0 Å². The molecular formula is C8H16N2S. The van der Waals surface area contributed by atoms with Crippen LogP contribution < -0.4 is 10.6 Å². The van der Waals surface area contributed by atoms with Crippen molar-refractivity contribution in [1.29, 1.82) is 0 Å². The predicted octanol–water partition coefficient (Wildman–Crippen LogP) is 0.115. The predicted molar refractivity (Wildman–Crippen MR) is 50.1 cm³/mol. The first-order valence-corrected chi connectivity index (χ1v) is 5.00. The second kappa shape index (κ2) is 2.96. The lowest BCUT2D eigenvalue weighted by atomic mass is 9.75. The van der Waals surface area contributed by atoms with Crippen molar-refractivity contribution < 1.29 is 0 Å². The number of nitrogens with one attached hydrogen (secondary N) is 2. The Bertz CT molecular complexity index is 139. The van der Waals surface area contributed by atoms with Gasteiger partial charge in [-0.2, -0.15) is 12.6 Å². The summed E-state index contributed by atoms with van der Waals surface area (Å²) in [5.41, 5.74) is 0.463. The fourth-order valence-electron chi connectivity index (χ4n) is 2.29. The second-order valence-corrected chi connectivity index (χ2v) is 4.31. The molecule has 3 heteroatoms. The van der Waals surface area contributed by atoms with Gasteiger partial charge in [-0.25, -0.2) is 0 Å². The van der Waals surface area contributed by atoms with Gasteiger partial charge in [-0.15, -0.1) is 0 Å². The molecule has 2 N–H and O–H groups in total. The maximum absolute atomic E-state index is 4.42. The first-order chi connectivity index (χ1) is 5.35. The lowest BCUT2D eigenvalue weighted by molar-refractivity contribution is 0.136. The van der Waals surface area contributed by atoms with E-state index in [0.717, 1.165) is 24.8 Å². The summed E-state index contributed by atoms with van der Waals surface area (Å²) in [6.45, 7) is 4.70. The zero-order valence-electron chi connectivity index (χ0n) is 6.77. The highest BCUT2D eigenvalue weighted by molar-refractivity contribution is 7.80. The van der Waals surface area contributed by atoms with E-state index >= 15 is 0 Å². The lowest BCUT2D eigenvalue weighted by Crippen LogP contribution is -2.57. The molecule has 0 unspecified atom stereocenters. The summed E-state index contributed by atoms with van der Waals surface area (Å²) in [7, 11) is 0. The summed E-state index contributed by atoms with van der Waals surface area (Å²) >= 11 is 4.42. The Morgan fingerprint density at radius 1 is 1.27 bits per heavy atom. The quantitative estimate of drug-likeness (QED) is 0.489. The molecule has 0 aromatic rings. The molecule has 0 spiro atoms. The zero-order valence-corrected chi connectivity index (χ0v) is 7.66. The van der Waals surface area contributed by atoms with Crippen molar-refractivity contribution in [2.75, 3.05) is 31.9 Å². The number of rotatable bonds is 1. The van der Waals surface area contributed by atoms with Crippen LogP contribution >= 0.6 is 12.6 Å². The summed E-state index contributed by atoms with van der Waals surface area (Å²) in [6.07, 6.45) is 1.37. The van der Waals surface area contributed by atoms with Gasteiger partial charge in [-0.05, 0) is 31.2 Å². The molecule has 0 atom stereocenters. The molecule has 2 bridgehead atoms. The van der Waals surface area contributed by atoms with Crippen molar-refractivity contribution in [1.82, 2.24) is 10.6 Å². The monoisotopic (exact) mass is 172 g/mol. The Morgan fingerprint density at radius 2 is 1.91 bits per heavy atom. The molecule has 2 aliphatic rings. The van der Waals surface area contributed by atoms with Crippen LogP contribution in [0.25, 0.3) is 0 Å². The van der Waals surface area contributed by atoms with Crippen LogP contribution in [-0.2, 0) is 0 Å². The maximum atomic E-state index is 4.42. The van der Waals surface area contributed by atoms with E-state index in [2.05, 4.69) is 23.3 Å². The molecule has 0 aromatic heterocycles. The van der Waals surface area contributed by atoms with E-state index in [1.165, 1.54) is 19.5 Å². The highest BCUT2D eigenvalue weighted by atomic mass is 32.1. The molecular weight excluding hydrogens is 156 g/mol. The van der Waals surface area contributed by atoms with Crippen molar-refractivity contribution in [3.8, 4) is 0 Å². The van der Waals surface area contributed by atoms with Gasteiger partial charge in [0.1, 0.15) is 0 Å². The SMILES string of the molecule is SCC12CNCC(CNC1)C2. The number of hydrogen-bond acceptors (Lipinski definition) is 3. The molecule has 2 nitrogen and oxygen atoms in total. The van der Waals surface area contributed by atoms with Gasteiger partial charge >= 0.3 is 0 Å². The minimum absolute atomic E-state index is 0.463. The largest absolute Gasteiger partial charge is 0.316 e. The van der Waals surface area contributed by atoms with Crippen molar-refractivity contribution >= 4 is 12.6 Å². The minimum Gasteiger partial charge on any atom is -0.316 e. The number of fused-ring (bicyclic) bond motifs is 2. The van der Waals surface area contributed by atoms with E-state index in [9.17, 15) is 0 Å². The molecule has 2 rings (SSSR count). The Balaban J connectivity index is 2.07. The summed E-state index contributed by atoms with van der Waals surface area (Å²) in [4.78, 5) is 0. The fraction of sp³-hybridized carbons (Fsp3) is 1.00. The van der Waals surface area contributed by atoms with Crippen LogP contribution in [-0.4, -0.2) is 31.9 Å². The third kappa shape index (κ3) is 1.42. The van der Waals surface area contributed by atoms with Crippen LogP contribution in [0.5, 0.6) is 0 Å². The van der Waals surface area contributed by atoms with E-state index in [-0.39, 0.29) is 0 Å². The van der Waals surface area contributed by atoms with Crippen LogP contribution in [0, 0.1) is 11.3 Å². The Morgan fingerprint density at radius 3 is 2.36 bits per heavy atom. The molecule has 64 valence electrons. The second-order valence-electron chi connectivity index (χ2n) is 3.99. The summed E-state index contributed by atoms with van der Waals surface area (Å²) in [5.74, 6) is 1.87. The van der Waals surface area contributed by atoms with Gasteiger partial charge in [0.15, 0.2) is 0 Å². The van der Waals surface area contributed by atoms with Gasteiger partial charge in [-0.1, -0.05) is 0 Å². The lowest BCUT2D eigenvalue weighted by Gasteiger charge is -2.45. The standard InChI is InChI=1S/C8H16N2S/c11-6-8-1-7(2-9-4-8)3-10-5-8/h7,9-11H,1-6H2. The number of thiol groups is 1. The average Bonchev–Trinajstić information content (AvgIpc) is 2.05. The topological polar surface area (TPSA) is 24.1 Å². The number of hydrogen-bond donors (Lipinski definition) is 3. The van der Waals surface area contributed by atoms with Crippen LogP contribution in [0.15, 0.2) is 0 Å². The van der Waals surface area contributed by atoms with Crippen molar-refractivity contribution in [3.63, 3.8) is 0 Å². The third-order valence-electron chi connectivity index (χ3n) is 2.92. The molecule has 2 saturated heterocycles. The Kier molecular flexibility index (Phi) is 2.12. The van der Waals surface area contributed by atoms with Crippen LogP contribution in [0.4, 0.5) is 0 Å². The van der Waals surface area contributed by atoms with Gasteiger partial charge < -0.3 is 10.6 Å². The summed E-state index contributed by atoms with van der Waals surface area (Å²) in [5, 5.41) is 6.98. The van der Waals surface area contributed by atoms with E-state index in [4.69, 9.17) is 0 Å². The first kappa shape index (κ1) is 7.90. The Hall–Kier alpha value is 0.270. The number of piperidine rings is 2. The van der Waals surface area contributed by atoms with Gasteiger partial charge in [0.05, 0.1) is 0 Å². The van der Waals surface area contributed by atoms with E-state index < -0.39 is 0 Å². The molecule has 2 fully saturated rings. The fourth-order valence-corrected chi connectivity index (χ4v) is 2.65. The van der Waals surface area contributed by atoms with E-state index in [1.54, 1.807) is 0 Å². The van der Waals surface area contributed by atoms with Crippen LogP contribution in [0.2, 0.25) is 0 Å². The Labute approximate surface area is 73.5 Å². The smallest absolute Gasteiger partial charge is 0.00441 e. The van der Waals surface area contributed by atoms with Gasteiger partial charge in [-0.3, -0.25) is 0 Å². The van der Waals surface area contributed by atoms with E-state index in [1.807, 2.05) is 0 Å². The van der Waals surface area contributed by atoms with Gasteiger partial charge in [0.25, 0.3) is 0 Å². The minimum atomic E-state index is 0.463. The third-order valence-corrected chi connectivity index (χ3v) is 3.59. The highest BCUT2D eigenvalue weighted by Gasteiger charge is 2.37. The molecule has 0 aliphatic carbocycles. The van der Waals surface area contributed by atoms with Crippen LogP contribution in [0.1, 0.15) is 6.42 Å². The van der Waals surface area contributed by atoms with E-state index in [0.29, 0.717) is 5.41 Å². The van der Waals surface area contributed by atoms with Crippen molar-refractivity contribution in [2.24, 2.45) is 11.3 Å². The summed E-state index contributed by atoms with van der Waals surface area (Å²) < 4.78 is 0. The van der Waals surface area contributed by atoms with Gasteiger partial charge in [0.2, 0.25) is 0 Å². The van der Waals surface area contributed by atoms with Gasteiger partial charge in [0, 0.05) is 18.5 Å². The molecule has 2 aliphatic heterocycles. The molecule has 0 aromatic carbocycles. The highest BCUT2D eigenvalue weighted by Crippen LogP contribution is 2.32. The molecule has 0 saturated carbocycles. The normalized spacial score (nSPS) is 43.9.